The zero-order valence-electron chi connectivity index (χ0n) is 14.1. The molecule has 0 aliphatic rings. The van der Waals surface area contributed by atoms with Crippen LogP contribution < -0.4 is 28.1 Å². The molecule has 3 aromatic rings. The highest BCUT2D eigenvalue weighted by Gasteiger charge is 2.11. The Kier molecular flexibility index (Phi) is 6.06. The molecule has 2 amide bonds. The first-order chi connectivity index (χ1) is 12.7. The number of benzene rings is 3. The van der Waals surface area contributed by atoms with Gasteiger partial charge in [-0.3, -0.25) is 15.4 Å². The lowest BCUT2D eigenvalue weighted by atomic mass is 10.1. The zero-order chi connectivity index (χ0) is 20.0. The number of nitrogen functional groups attached to an aromatic ring is 2. The molecule has 9 nitrogen and oxygen atoms in total. The van der Waals surface area contributed by atoms with Crippen molar-refractivity contribution in [2.75, 3.05) is 16.9 Å². The highest BCUT2D eigenvalue weighted by atomic mass is 32.2. The van der Waals surface area contributed by atoms with Crippen molar-refractivity contribution in [3.63, 3.8) is 0 Å². The van der Waals surface area contributed by atoms with E-state index in [0.29, 0.717) is 5.69 Å². The number of anilines is 3. The summed E-state index contributed by atoms with van der Waals surface area (Å²) in [6, 6.07) is 16.3. The molecule has 9 N–H and O–H groups in total. The Morgan fingerprint density at radius 2 is 1.67 bits per heavy atom. The number of hydrogen-bond acceptors (Lipinski definition) is 6. The van der Waals surface area contributed by atoms with Gasteiger partial charge in [-0.1, -0.05) is 30.3 Å². The summed E-state index contributed by atoms with van der Waals surface area (Å²) in [5.41, 5.74) is 22.5. The lowest BCUT2D eigenvalue weighted by Crippen LogP contribution is -2.34. The molecule has 0 saturated carbocycles. The second-order valence-corrected chi connectivity index (χ2v) is 6.80. The molecule has 0 aromatic heterocycles. The number of primary amides is 1. The topological polar surface area (TPSA) is 174 Å². The molecule has 0 aliphatic heterocycles. The van der Waals surface area contributed by atoms with Crippen LogP contribution in [0.2, 0.25) is 0 Å². The standard InChI is InChI=1S/C11H12N4O.C6H7NO3S/c12-8-5-4-7-2-1-3-10(9(7)6-8)14-15-11(13)16;7-5-3-1-2-4-6(5)11(8,9)10/h1-6,14H,12H2,(H3,13,15,16);1-4H,7H2,(H,8,9,10). The highest BCUT2D eigenvalue weighted by Crippen LogP contribution is 2.24. The summed E-state index contributed by atoms with van der Waals surface area (Å²) in [5, 5.41) is 1.96. The average Bonchev–Trinajstić information content (AvgIpc) is 2.60. The quantitative estimate of drug-likeness (QED) is 0.225. The smallest absolute Gasteiger partial charge is 0.330 e. The molecule has 0 fully saturated rings. The van der Waals surface area contributed by atoms with Crippen molar-refractivity contribution < 1.29 is 17.8 Å². The van der Waals surface area contributed by atoms with Crippen LogP contribution >= 0.6 is 0 Å². The van der Waals surface area contributed by atoms with Crippen molar-refractivity contribution in [3.05, 3.63) is 60.7 Å². The van der Waals surface area contributed by atoms with Crippen molar-refractivity contribution in [2.24, 2.45) is 5.73 Å². The molecule has 3 aromatic carbocycles. The Labute approximate surface area is 155 Å². The van der Waals surface area contributed by atoms with E-state index in [1.165, 1.54) is 18.2 Å². The third kappa shape index (κ3) is 5.49. The van der Waals surface area contributed by atoms with Crippen molar-refractivity contribution >= 4 is 44.0 Å². The maximum atomic E-state index is 10.6. The van der Waals surface area contributed by atoms with Crippen molar-refractivity contribution in [2.45, 2.75) is 4.90 Å². The number of rotatable bonds is 3. The van der Waals surface area contributed by atoms with E-state index in [1.54, 1.807) is 6.07 Å². The van der Waals surface area contributed by atoms with Crippen LogP contribution in [0.15, 0.2) is 65.6 Å². The zero-order valence-corrected chi connectivity index (χ0v) is 14.9. The molecule has 27 heavy (non-hydrogen) atoms. The van der Waals surface area contributed by atoms with E-state index in [1.807, 2.05) is 36.4 Å². The fourth-order valence-corrected chi connectivity index (χ4v) is 2.86. The lowest BCUT2D eigenvalue weighted by molar-refractivity contribution is 0.250. The van der Waals surface area contributed by atoms with E-state index in [9.17, 15) is 13.2 Å². The Bertz CT molecular complexity index is 1070. The van der Waals surface area contributed by atoms with Gasteiger partial charge in [0.2, 0.25) is 0 Å². The summed E-state index contributed by atoms with van der Waals surface area (Å²) in [6.07, 6.45) is 0. The molecule has 0 saturated heterocycles. The van der Waals surface area contributed by atoms with Gasteiger partial charge in [-0.25, -0.2) is 4.79 Å². The van der Waals surface area contributed by atoms with Crippen LogP contribution in [0.3, 0.4) is 0 Å². The second kappa shape index (κ2) is 8.25. The summed E-state index contributed by atoms with van der Waals surface area (Å²) in [5.74, 6) is 0. The number of hydrogen-bond donors (Lipinski definition) is 6. The van der Waals surface area contributed by atoms with Crippen molar-refractivity contribution in [1.29, 1.82) is 0 Å². The molecule has 3 rings (SSSR count). The molecular formula is C17H19N5O4S. The number of amides is 2. The van der Waals surface area contributed by atoms with E-state index in [4.69, 9.17) is 21.8 Å². The van der Waals surface area contributed by atoms with Gasteiger partial charge >= 0.3 is 6.03 Å². The number of carbonyl (C=O) groups excluding carboxylic acids is 1. The fraction of sp³-hybridized carbons (Fsp3) is 0. The molecule has 0 heterocycles. The third-order valence-electron chi connectivity index (χ3n) is 3.42. The maximum absolute atomic E-state index is 10.6. The van der Waals surface area contributed by atoms with Crippen LogP contribution in [0.5, 0.6) is 0 Å². The lowest BCUT2D eigenvalue weighted by Gasteiger charge is -2.09. The van der Waals surface area contributed by atoms with Crippen LogP contribution in [0.1, 0.15) is 0 Å². The van der Waals surface area contributed by atoms with Crippen molar-refractivity contribution in [1.82, 2.24) is 5.43 Å². The molecule has 0 unspecified atom stereocenters. The minimum Gasteiger partial charge on any atom is -0.399 e. The Balaban J connectivity index is 0.000000208. The van der Waals surface area contributed by atoms with Crippen LogP contribution in [0.4, 0.5) is 21.9 Å². The SMILES string of the molecule is NC(=O)NNc1cccc2ccc(N)cc12.Nc1ccccc1S(=O)(=O)O. The summed E-state index contributed by atoms with van der Waals surface area (Å²) < 4.78 is 29.6. The van der Waals surface area contributed by atoms with Gasteiger partial charge in [0, 0.05) is 11.1 Å². The minimum absolute atomic E-state index is 0.0509. The van der Waals surface area contributed by atoms with Gasteiger partial charge in [-0.05, 0) is 35.7 Å². The van der Waals surface area contributed by atoms with Gasteiger partial charge in [0.05, 0.1) is 11.4 Å². The number of hydrazine groups is 1. The number of urea groups is 1. The van der Waals surface area contributed by atoms with Crippen LogP contribution in [0.25, 0.3) is 10.8 Å². The fourth-order valence-electron chi connectivity index (χ4n) is 2.24. The maximum Gasteiger partial charge on any atom is 0.330 e. The van der Waals surface area contributed by atoms with Crippen LogP contribution in [-0.2, 0) is 10.1 Å². The van der Waals surface area contributed by atoms with Gasteiger partial charge in [-0.2, -0.15) is 8.42 Å². The van der Waals surface area contributed by atoms with Gasteiger partial charge < -0.3 is 17.2 Å². The number of fused-ring (bicyclic) bond motifs is 1. The van der Waals surface area contributed by atoms with Crippen LogP contribution in [0, 0.1) is 0 Å². The first-order valence-electron chi connectivity index (χ1n) is 7.60. The van der Waals surface area contributed by atoms with Gasteiger partial charge in [0.15, 0.2) is 0 Å². The number of carbonyl (C=O) groups is 1. The minimum atomic E-state index is -4.16. The van der Waals surface area contributed by atoms with Crippen molar-refractivity contribution in [3.8, 4) is 0 Å². The third-order valence-corrected chi connectivity index (χ3v) is 4.35. The number of nitrogens with one attached hydrogen (secondary N) is 2. The molecule has 0 atom stereocenters. The number of nitrogens with two attached hydrogens (primary N) is 3. The first-order valence-corrected chi connectivity index (χ1v) is 9.04. The largest absolute Gasteiger partial charge is 0.399 e. The van der Waals surface area contributed by atoms with E-state index < -0.39 is 16.1 Å². The Hall–Kier alpha value is -3.50. The Morgan fingerprint density at radius 1 is 0.963 bits per heavy atom. The van der Waals surface area contributed by atoms with Gasteiger partial charge in [-0.15, -0.1) is 0 Å². The predicted molar refractivity (Wildman–Crippen MR) is 105 cm³/mol. The summed E-state index contributed by atoms with van der Waals surface area (Å²) in [6.45, 7) is 0. The summed E-state index contributed by atoms with van der Waals surface area (Å²) in [7, 11) is -4.16. The second-order valence-electron chi connectivity index (χ2n) is 5.41. The molecule has 0 spiro atoms. The molecular weight excluding hydrogens is 370 g/mol. The highest BCUT2D eigenvalue weighted by molar-refractivity contribution is 7.86. The Morgan fingerprint density at radius 3 is 2.26 bits per heavy atom. The molecule has 0 radical (unpaired) electrons. The van der Waals surface area contributed by atoms with Crippen LogP contribution in [-0.4, -0.2) is 19.0 Å². The number of para-hydroxylation sites is 1. The van der Waals surface area contributed by atoms with E-state index in [2.05, 4.69) is 10.9 Å². The predicted octanol–water partition coefficient (Wildman–Crippen LogP) is 1.93. The first kappa shape index (κ1) is 19.8. The average molecular weight is 389 g/mol. The summed E-state index contributed by atoms with van der Waals surface area (Å²) >= 11 is 0. The van der Waals surface area contributed by atoms with Gasteiger partial charge in [0.25, 0.3) is 10.1 Å². The molecule has 10 heteroatoms. The monoisotopic (exact) mass is 389 g/mol. The van der Waals surface area contributed by atoms with Gasteiger partial charge in [0.1, 0.15) is 4.90 Å². The molecule has 0 aliphatic carbocycles. The van der Waals surface area contributed by atoms with E-state index in [-0.39, 0.29) is 10.6 Å². The molecule has 142 valence electrons. The van der Waals surface area contributed by atoms with E-state index in [0.717, 1.165) is 16.5 Å². The van der Waals surface area contributed by atoms with E-state index >= 15 is 0 Å². The summed E-state index contributed by atoms with van der Waals surface area (Å²) in [4.78, 5) is 10.3. The molecule has 0 bridgehead atoms. The normalized spacial score (nSPS) is 10.6.